The second kappa shape index (κ2) is 5.79. The molecule has 0 saturated carbocycles. The first-order valence-electron chi connectivity index (χ1n) is 4.32. The van der Waals surface area contributed by atoms with E-state index in [1.807, 2.05) is 0 Å². The SMILES string of the molecule is C#CCCC(=O)Nc1ccc(Cl)cc1Br. The molecule has 0 aromatic heterocycles. The van der Waals surface area contributed by atoms with Crippen LogP contribution in [-0.4, -0.2) is 5.91 Å². The van der Waals surface area contributed by atoms with Gasteiger partial charge in [-0.05, 0) is 34.1 Å². The molecule has 78 valence electrons. The fraction of sp³-hybridized carbons (Fsp3) is 0.182. The van der Waals surface area contributed by atoms with Gasteiger partial charge in [0.05, 0.1) is 5.69 Å². The van der Waals surface area contributed by atoms with Gasteiger partial charge in [0.25, 0.3) is 0 Å². The lowest BCUT2D eigenvalue weighted by Gasteiger charge is -2.06. The number of nitrogens with one attached hydrogen (secondary N) is 1. The maximum atomic E-state index is 11.3. The molecule has 0 unspecified atom stereocenters. The summed E-state index contributed by atoms with van der Waals surface area (Å²) >= 11 is 9.07. The van der Waals surface area contributed by atoms with Crippen molar-refractivity contribution in [3.63, 3.8) is 0 Å². The Kier molecular flexibility index (Phi) is 4.67. The van der Waals surface area contributed by atoms with Crippen LogP contribution in [0.3, 0.4) is 0 Å². The summed E-state index contributed by atoms with van der Waals surface area (Å²) in [7, 11) is 0. The second-order valence-electron chi connectivity index (χ2n) is 2.88. The van der Waals surface area contributed by atoms with Crippen molar-refractivity contribution in [3.05, 3.63) is 27.7 Å². The lowest BCUT2D eigenvalue weighted by molar-refractivity contribution is -0.116. The summed E-state index contributed by atoms with van der Waals surface area (Å²) in [6.45, 7) is 0. The van der Waals surface area contributed by atoms with Gasteiger partial charge in [-0.3, -0.25) is 4.79 Å². The predicted octanol–water partition coefficient (Wildman–Crippen LogP) is 3.45. The minimum atomic E-state index is -0.101. The van der Waals surface area contributed by atoms with Crippen LogP contribution in [0.1, 0.15) is 12.8 Å². The van der Waals surface area contributed by atoms with Gasteiger partial charge in [0.1, 0.15) is 0 Å². The third-order valence-electron chi connectivity index (χ3n) is 1.70. The van der Waals surface area contributed by atoms with Crippen LogP contribution in [0.2, 0.25) is 5.02 Å². The molecule has 0 spiro atoms. The number of benzene rings is 1. The van der Waals surface area contributed by atoms with Gasteiger partial charge in [-0.2, -0.15) is 0 Å². The van der Waals surface area contributed by atoms with E-state index < -0.39 is 0 Å². The van der Waals surface area contributed by atoms with Gasteiger partial charge in [0, 0.05) is 22.3 Å². The molecule has 0 aliphatic carbocycles. The van der Waals surface area contributed by atoms with Gasteiger partial charge in [-0.25, -0.2) is 0 Å². The molecule has 0 aliphatic heterocycles. The van der Waals surface area contributed by atoms with Crippen LogP contribution in [0.25, 0.3) is 0 Å². The van der Waals surface area contributed by atoms with Gasteiger partial charge in [0.2, 0.25) is 5.91 Å². The highest BCUT2D eigenvalue weighted by atomic mass is 79.9. The molecule has 4 heteroatoms. The molecule has 0 atom stereocenters. The topological polar surface area (TPSA) is 29.1 Å². The lowest BCUT2D eigenvalue weighted by atomic mass is 10.2. The third kappa shape index (κ3) is 3.94. The van der Waals surface area contributed by atoms with E-state index in [0.717, 1.165) is 4.47 Å². The van der Waals surface area contributed by atoms with Crippen LogP contribution in [-0.2, 0) is 4.79 Å². The Bertz CT molecular complexity index is 412. The van der Waals surface area contributed by atoms with Crippen LogP contribution in [0.4, 0.5) is 5.69 Å². The number of anilines is 1. The average molecular weight is 287 g/mol. The summed E-state index contributed by atoms with van der Waals surface area (Å²) in [6.07, 6.45) is 5.83. The number of halogens is 2. The molecule has 15 heavy (non-hydrogen) atoms. The van der Waals surface area contributed by atoms with Crippen molar-refractivity contribution in [2.24, 2.45) is 0 Å². The van der Waals surface area contributed by atoms with Gasteiger partial charge in [0.15, 0.2) is 0 Å². The van der Waals surface area contributed by atoms with Crippen LogP contribution in [0.15, 0.2) is 22.7 Å². The standard InChI is InChI=1S/C11H9BrClNO/c1-2-3-4-11(15)14-10-6-5-8(13)7-9(10)12/h1,5-7H,3-4H2,(H,14,15). The predicted molar refractivity (Wildman–Crippen MR) is 65.8 cm³/mol. The van der Waals surface area contributed by atoms with Gasteiger partial charge < -0.3 is 5.32 Å². The maximum absolute atomic E-state index is 11.3. The molecule has 0 aliphatic rings. The number of hydrogen-bond acceptors (Lipinski definition) is 1. The summed E-state index contributed by atoms with van der Waals surface area (Å²) < 4.78 is 0.754. The summed E-state index contributed by atoms with van der Waals surface area (Å²) in [6, 6.07) is 5.17. The van der Waals surface area contributed by atoms with E-state index in [1.54, 1.807) is 18.2 Å². The smallest absolute Gasteiger partial charge is 0.225 e. The monoisotopic (exact) mass is 285 g/mol. The fourth-order valence-corrected chi connectivity index (χ4v) is 1.77. The minimum absolute atomic E-state index is 0.101. The van der Waals surface area contributed by atoms with Crippen LogP contribution < -0.4 is 5.32 Å². The zero-order valence-electron chi connectivity index (χ0n) is 7.89. The van der Waals surface area contributed by atoms with Crippen LogP contribution in [0, 0.1) is 12.3 Å². The number of terminal acetylenes is 1. The van der Waals surface area contributed by atoms with E-state index in [2.05, 4.69) is 27.2 Å². The van der Waals surface area contributed by atoms with Crippen LogP contribution >= 0.6 is 27.5 Å². The zero-order valence-corrected chi connectivity index (χ0v) is 10.2. The van der Waals surface area contributed by atoms with E-state index in [0.29, 0.717) is 23.6 Å². The van der Waals surface area contributed by atoms with E-state index in [1.165, 1.54) is 0 Å². The Balaban J connectivity index is 2.65. The normalized spacial score (nSPS) is 9.40. The highest BCUT2D eigenvalue weighted by molar-refractivity contribution is 9.10. The number of carbonyl (C=O) groups is 1. The van der Waals surface area contributed by atoms with Crippen molar-refractivity contribution in [1.82, 2.24) is 0 Å². The average Bonchev–Trinajstić information content (AvgIpc) is 2.19. The van der Waals surface area contributed by atoms with Crippen molar-refractivity contribution in [1.29, 1.82) is 0 Å². The zero-order chi connectivity index (χ0) is 11.3. The molecular formula is C11H9BrClNO. The first-order chi connectivity index (χ1) is 7.13. The Morgan fingerprint density at radius 1 is 1.60 bits per heavy atom. The van der Waals surface area contributed by atoms with Crippen molar-refractivity contribution >= 4 is 39.1 Å². The first kappa shape index (κ1) is 12.1. The second-order valence-corrected chi connectivity index (χ2v) is 4.17. The van der Waals surface area contributed by atoms with Crippen molar-refractivity contribution < 1.29 is 4.79 Å². The van der Waals surface area contributed by atoms with E-state index in [-0.39, 0.29) is 5.91 Å². The van der Waals surface area contributed by atoms with Gasteiger partial charge in [-0.15, -0.1) is 12.3 Å². The van der Waals surface area contributed by atoms with Gasteiger partial charge in [-0.1, -0.05) is 11.6 Å². The van der Waals surface area contributed by atoms with Gasteiger partial charge >= 0.3 is 0 Å². The molecule has 1 N–H and O–H groups in total. The first-order valence-corrected chi connectivity index (χ1v) is 5.49. The van der Waals surface area contributed by atoms with E-state index >= 15 is 0 Å². The number of amides is 1. The third-order valence-corrected chi connectivity index (χ3v) is 2.59. The van der Waals surface area contributed by atoms with Crippen molar-refractivity contribution in [2.45, 2.75) is 12.8 Å². The summed E-state index contributed by atoms with van der Waals surface area (Å²) in [5.41, 5.74) is 0.696. The van der Waals surface area contributed by atoms with Crippen molar-refractivity contribution in [3.8, 4) is 12.3 Å². The Morgan fingerprint density at radius 3 is 2.93 bits per heavy atom. The Hall–Kier alpha value is -0.980. The molecule has 1 aromatic rings. The number of carbonyl (C=O) groups excluding carboxylic acids is 1. The molecule has 0 bridgehead atoms. The van der Waals surface area contributed by atoms with Crippen LogP contribution in [0.5, 0.6) is 0 Å². The summed E-state index contributed by atoms with van der Waals surface area (Å²) in [5, 5.41) is 3.35. The Morgan fingerprint density at radius 2 is 2.33 bits per heavy atom. The molecule has 1 amide bonds. The Labute approximate surface area is 102 Å². The van der Waals surface area contributed by atoms with E-state index in [4.69, 9.17) is 18.0 Å². The van der Waals surface area contributed by atoms with E-state index in [9.17, 15) is 4.79 Å². The molecule has 0 heterocycles. The highest BCUT2D eigenvalue weighted by Gasteiger charge is 2.04. The molecule has 2 nitrogen and oxygen atoms in total. The quantitative estimate of drug-likeness (QED) is 0.847. The molecule has 0 fully saturated rings. The molecule has 1 rings (SSSR count). The minimum Gasteiger partial charge on any atom is -0.325 e. The lowest BCUT2D eigenvalue weighted by Crippen LogP contribution is -2.11. The maximum Gasteiger partial charge on any atom is 0.225 e. The largest absolute Gasteiger partial charge is 0.325 e. The molecular weight excluding hydrogens is 277 g/mol. The molecule has 0 radical (unpaired) electrons. The molecule has 0 saturated heterocycles. The molecule has 1 aromatic carbocycles. The fourth-order valence-electron chi connectivity index (χ4n) is 0.989. The number of hydrogen-bond donors (Lipinski definition) is 1. The number of rotatable bonds is 3. The van der Waals surface area contributed by atoms with Crippen molar-refractivity contribution in [2.75, 3.05) is 5.32 Å². The summed E-state index contributed by atoms with van der Waals surface area (Å²) in [5.74, 6) is 2.31. The summed E-state index contributed by atoms with van der Waals surface area (Å²) in [4.78, 5) is 11.3. The highest BCUT2D eigenvalue weighted by Crippen LogP contribution is 2.25.